The summed E-state index contributed by atoms with van der Waals surface area (Å²) in [6.45, 7) is 6.01. The molecule has 1 amide bonds. The second-order valence-electron chi connectivity index (χ2n) is 5.11. The third kappa shape index (κ3) is 4.07. The Morgan fingerprint density at radius 1 is 1.47 bits per heavy atom. The minimum Gasteiger partial charge on any atom is -0.444 e. The molecule has 1 N–H and O–H groups in total. The Bertz CT molecular complexity index is 312. The van der Waals surface area contributed by atoms with Crippen LogP contribution in [0.1, 0.15) is 40.0 Å². The van der Waals surface area contributed by atoms with Crippen LogP contribution in [-0.2, 0) is 4.74 Å². The van der Waals surface area contributed by atoms with Crippen molar-refractivity contribution in [1.82, 2.24) is 4.90 Å². The average Bonchev–Trinajstić information content (AvgIpc) is 2.25. The number of amides is 1. The van der Waals surface area contributed by atoms with Crippen molar-refractivity contribution in [2.45, 2.75) is 51.7 Å². The molecule has 5 nitrogen and oxygen atoms in total. The molecule has 0 unspecified atom stereocenters. The fourth-order valence-electron chi connectivity index (χ4n) is 1.78. The molecular weight excluding hydrogens is 244 g/mol. The van der Waals surface area contributed by atoms with Crippen LogP contribution in [0.4, 0.5) is 4.79 Å². The quantitative estimate of drug-likeness (QED) is 0.449. The summed E-state index contributed by atoms with van der Waals surface area (Å²) in [5, 5.41) is 11.7. The van der Waals surface area contributed by atoms with Crippen LogP contribution in [0.2, 0.25) is 0 Å². The highest BCUT2D eigenvalue weighted by molar-refractivity contribution is 6.66. The van der Waals surface area contributed by atoms with E-state index < -0.39 is 11.7 Å². The molecule has 0 aromatic carbocycles. The maximum atomic E-state index is 12.0. The van der Waals surface area contributed by atoms with Gasteiger partial charge in [-0.1, -0.05) is 16.8 Å². The summed E-state index contributed by atoms with van der Waals surface area (Å²) in [5.41, 5.74) is -0.540. The molecule has 6 heteroatoms. The minimum absolute atomic E-state index is 0.0376. The van der Waals surface area contributed by atoms with Crippen molar-refractivity contribution in [2.24, 2.45) is 5.16 Å². The second-order valence-corrected chi connectivity index (χ2v) is 5.50. The van der Waals surface area contributed by atoms with Crippen LogP contribution in [0.3, 0.4) is 0 Å². The topological polar surface area (TPSA) is 62.1 Å². The number of halogens is 1. The van der Waals surface area contributed by atoms with Gasteiger partial charge in [0.05, 0.1) is 6.04 Å². The van der Waals surface area contributed by atoms with Crippen LogP contribution in [0.25, 0.3) is 0 Å². The molecule has 0 aromatic heterocycles. The monoisotopic (exact) mass is 262 g/mol. The zero-order valence-corrected chi connectivity index (χ0v) is 11.2. The number of carbonyl (C=O) groups excluding carboxylic acids is 1. The van der Waals surface area contributed by atoms with E-state index in [-0.39, 0.29) is 11.2 Å². The van der Waals surface area contributed by atoms with E-state index in [1.165, 1.54) is 4.90 Å². The number of likely N-dealkylation sites (tertiary alicyclic amines) is 1. The van der Waals surface area contributed by atoms with Crippen molar-refractivity contribution >= 4 is 22.9 Å². The SMILES string of the molecule is CC(C)(C)OC(=O)N1CCCC[C@@H]1/C(Cl)=N/O. The van der Waals surface area contributed by atoms with Gasteiger partial charge in [-0.25, -0.2) is 4.79 Å². The first-order valence-electron chi connectivity index (χ1n) is 5.72. The number of hydrogen-bond donors (Lipinski definition) is 1. The van der Waals surface area contributed by atoms with Gasteiger partial charge in [-0.2, -0.15) is 0 Å². The van der Waals surface area contributed by atoms with Gasteiger partial charge in [-0.3, -0.25) is 4.90 Å². The van der Waals surface area contributed by atoms with E-state index in [9.17, 15) is 4.79 Å². The van der Waals surface area contributed by atoms with Gasteiger partial charge in [-0.05, 0) is 40.0 Å². The molecule has 0 radical (unpaired) electrons. The first-order valence-corrected chi connectivity index (χ1v) is 6.10. The summed E-state index contributed by atoms with van der Waals surface area (Å²) in [6.07, 6.45) is 2.15. The molecule has 0 aliphatic carbocycles. The normalized spacial score (nSPS) is 22.5. The van der Waals surface area contributed by atoms with Crippen LogP contribution in [0, 0.1) is 0 Å². The van der Waals surface area contributed by atoms with Crippen LogP contribution in [0.15, 0.2) is 5.16 Å². The molecule has 0 bridgehead atoms. The Morgan fingerprint density at radius 3 is 2.65 bits per heavy atom. The lowest BCUT2D eigenvalue weighted by Gasteiger charge is -2.35. The Morgan fingerprint density at radius 2 is 2.12 bits per heavy atom. The van der Waals surface area contributed by atoms with Crippen molar-refractivity contribution in [3.8, 4) is 0 Å². The standard InChI is InChI=1S/C11H19ClN2O3/c1-11(2,3)17-10(15)14-7-5-4-6-8(14)9(12)13-16/h8,16H,4-7H2,1-3H3/b13-9-/t8-/m1/s1. The fraction of sp³-hybridized carbons (Fsp3) is 0.818. The zero-order chi connectivity index (χ0) is 13.1. The van der Waals surface area contributed by atoms with E-state index in [2.05, 4.69) is 5.16 Å². The molecular formula is C11H19ClN2O3. The molecule has 98 valence electrons. The van der Waals surface area contributed by atoms with Crippen molar-refractivity contribution in [3.05, 3.63) is 0 Å². The molecule has 1 atom stereocenters. The molecule has 17 heavy (non-hydrogen) atoms. The summed E-state index contributed by atoms with van der Waals surface area (Å²) in [5.74, 6) is 0. The average molecular weight is 263 g/mol. The molecule has 1 fully saturated rings. The molecule has 0 aromatic rings. The van der Waals surface area contributed by atoms with Crippen molar-refractivity contribution in [3.63, 3.8) is 0 Å². The highest BCUT2D eigenvalue weighted by Gasteiger charge is 2.33. The molecule has 0 saturated carbocycles. The van der Waals surface area contributed by atoms with Gasteiger partial charge >= 0.3 is 6.09 Å². The first kappa shape index (κ1) is 14.1. The Kier molecular flexibility index (Phi) is 4.62. The number of nitrogens with zero attached hydrogens (tertiary/aromatic N) is 2. The third-order valence-corrected chi connectivity index (χ3v) is 2.83. The lowest BCUT2D eigenvalue weighted by molar-refractivity contribution is 0.0167. The van der Waals surface area contributed by atoms with E-state index in [0.29, 0.717) is 13.0 Å². The second kappa shape index (κ2) is 5.58. The smallest absolute Gasteiger partial charge is 0.410 e. The predicted molar refractivity (Wildman–Crippen MR) is 65.7 cm³/mol. The van der Waals surface area contributed by atoms with Crippen molar-refractivity contribution in [2.75, 3.05) is 6.54 Å². The number of rotatable bonds is 1. The molecule has 0 spiro atoms. The Hall–Kier alpha value is -0.970. The predicted octanol–water partition coefficient (Wildman–Crippen LogP) is 2.80. The Balaban J connectivity index is 2.75. The summed E-state index contributed by atoms with van der Waals surface area (Å²) in [6, 6.07) is -0.370. The summed E-state index contributed by atoms with van der Waals surface area (Å²) in [7, 11) is 0. The fourth-order valence-corrected chi connectivity index (χ4v) is 2.01. The molecule has 1 saturated heterocycles. The van der Waals surface area contributed by atoms with E-state index >= 15 is 0 Å². The van der Waals surface area contributed by atoms with E-state index in [1.807, 2.05) is 20.8 Å². The number of piperidine rings is 1. The largest absolute Gasteiger partial charge is 0.444 e. The third-order valence-electron chi connectivity index (χ3n) is 2.50. The number of ether oxygens (including phenoxy) is 1. The maximum absolute atomic E-state index is 12.0. The van der Waals surface area contributed by atoms with Gasteiger partial charge in [-0.15, -0.1) is 0 Å². The van der Waals surface area contributed by atoms with Gasteiger partial charge in [0.2, 0.25) is 0 Å². The van der Waals surface area contributed by atoms with Gasteiger partial charge < -0.3 is 9.94 Å². The Labute approximate surface area is 106 Å². The molecule has 1 aliphatic heterocycles. The van der Waals surface area contributed by atoms with E-state index in [4.69, 9.17) is 21.5 Å². The number of hydrogen-bond acceptors (Lipinski definition) is 4. The van der Waals surface area contributed by atoms with Crippen LogP contribution < -0.4 is 0 Å². The highest BCUT2D eigenvalue weighted by atomic mass is 35.5. The summed E-state index contributed by atoms with van der Waals surface area (Å²) >= 11 is 5.80. The molecule has 1 rings (SSSR count). The van der Waals surface area contributed by atoms with Crippen LogP contribution >= 0.6 is 11.6 Å². The lowest BCUT2D eigenvalue weighted by Crippen LogP contribution is -2.48. The van der Waals surface area contributed by atoms with Crippen LogP contribution in [-0.4, -0.2) is 39.6 Å². The van der Waals surface area contributed by atoms with Gasteiger partial charge in [0.25, 0.3) is 0 Å². The van der Waals surface area contributed by atoms with Crippen molar-refractivity contribution < 1.29 is 14.7 Å². The first-order chi connectivity index (χ1) is 7.85. The highest BCUT2D eigenvalue weighted by Crippen LogP contribution is 2.22. The zero-order valence-electron chi connectivity index (χ0n) is 10.4. The van der Waals surface area contributed by atoms with E-state index in [0.717, 1.165) is 12.8 Å². The molecule has 1 aliphatic rings. The summed E-state index contributed by atoms with van der Waals surface area (Å²) in [4.78, 5) is 13.5. The minimum atomic E-state index is -0.540. The van der Waals surface area contributed by atoms with Gasteiger partial charge in [0, 0.05) is 6.54 Å². The van der Waals surface area contributed by atoms with E-state index in [1.54, 1.807) is 0 Å². The maximum Gasteiger partial charge on any atom is 0.410 e. The van der Waals surface area contributed by atoms with Crippen molar-refractivity contribution in [1.29, 1.82) is 0 Å². The van der Waals surface area contributed by atoms with Gasteiger partial charge in [0.1, 0.15) is 5.60 Å². The number of oxime groups is 1. The molecule has 1 heterocycles. The number of carbonyl (C=O) groups is 1. The van der Waals surface area contributed by atoms with Gasteiger partial charge in [0.15, 0.2) is 5.17 Å². The van der Waals surface area contributed by atoms with Crippen LogP contribution in [0.5, 0.6) is 0 Å². The summed E-state index contributed by atoms with van der Waals surface area (Å²) < 4.78 is 5.29. The lowest BCUT2D eigenvalue weighted by atomic mass is 10.0.